The number of rotatable bonds is 7. The van der Waals surface area contributed by atoms with Crippen LogP contribution in [-0.4, -0.2) is 22.1 Å². The number of hydrogen-bond acceptors (Lipinski definition) is 4. The van der Waals surface area contributed by atoms with E-state index in [4.69, 9.17) is 10.5 Å². The molecule has 5 nitrogen and oxygen atoms in total. The van der Waals surface area contributed by atoms with E-state index in [1.54, 1.807) is 0 Å². The molecule has 144 valence electrons. The zero-order valence-electron chi connectivity index (χ0n) is 14.9. The Kier molecular flexibility index (Phi) is 8.02. The molecule has 0 radical (unpaired) electrons. The Labute approximate surface area is 160 Å². The van der Waals surface area contributed by atoms with Crippen LogP contribution in [0.4, 0.5) is 4.39 Å². The Morgan fingerprint density at radius 1 is 1.12 bits per heavy atom. The molecule has 1 atom stereocenters. The van der Waals surface area contributed by atoms with E-state index in [1.165, 1.54) is 18.7 Å². The molecule has 0 fully saturated rings. The fourth-order valence-electron chi connectivity index (χ4n) is 2.34. The monoisotopic (exact) mass is 402 g/mol. The number of nitrogens with two attached hydrogens (primary N) is 1. The highest BCUT2D eigenvalue weighted by Gasteiger charge is 2.18. The summed E-state index contributed by atoms with van der Waals surface area (Å²) in [6.07, 6.45) is 0. The highest BCUT2D eigenvalue weighted by atomic mass is 35.5. The van der Waals surface area contributed by atoms with E-state index < -0.39 is 21.9 Å². The summed E-state index contributed by atoms with van der Waals surface area (Å²) in [6.45, 7) is 4.23. The molecule has 2 aromatic carbocycles. The molecule has 2 aromatic rings. The second-order valence-corrected chi connectivity index (χ2v) is 7.84. The summed E-state index contributed by atoms with van der Waals surface area (Å²) in [6, 6.07) is 10.7. The van der Waals surface area contributed by atoms with Crippen molar-refractivity contribution < 1.29 is 17.5 Å². The Hall–Kier alpha value is -1.67. The number of ether oxygens (including phenoxy) is 1. The summed E-state index contributed by atoms with van der Waals surface area (Å²) in [5.41, 5.74) is 8.10. The number of nitrogens with one attached hydrogen (secondary N) is 1. The maximum absolute atomic E-state index is 13.4. The van der Waals surface area contributed by atoms with Crippen LogP contribution in [0.15, 0.2) is 47.4 Å². The van der Waals surface area contributed by atoms with Gasteiger partial charge in [0.25, 0.3) is 0 Å². The normalized spacial score (nSPS) is 12.5. The van der Waals surface area contributed by atoms with Crippen molar-refractivity contribution in [1.29, 1.82) is 0 Å². The van der Waals surface area contributed by atoms with Crippen LogP contribution in [0.5, 0.6) is 5.75 Å². The molecule has 8 heteroatoms. The van der Waals surface area contributed by atoms with Gasteiger partial charge in [0, 0.05) is 18.7 Å². The lowest BCUT2D eigenvalue weighted by molar-refractivity contribution is 0.385. The third-order valence-electron chi connectivity index (χ3n) is 3.96. The zero-order valence-corrected chi connectivity index (χ0v) is 16.5. The van der Waals surface area contributed by atoms with Gasteiger partial charge in [0.15, 0.2) is 11.6 Å². The Balaban J connectivity index is 0.00000338. The molecule has 0 aliphatic rings. The first-order chi connectivity index (χ1) is 11.7. The second-order valence-electron chi connectivity index (χ2n) is 6.08. The zero-order chi connectivity index (χ0) is 18.6. The summed E-state index contributed by atoms with van der Waals surface area (Å²) >= 11 is 0. The average molecular weight is 403 g/mol. The summed E-state index contributed by atoms with van der Waals surface area (Å²) in [4.78, 5) is -0.0758. The molecule has 3 N–H and O–H groups in total. The van der Waals surface area contributed by atoms with E-state index in [0.29, 0.717) is 5.92 Å². The van der Waals surface area contributed by atoms with Crippen LogP contribution in [0.2, 0.25) is 0 Å². The number of methoxy groups -OCH3 is 1. The topological polar surface area (TPSA) is 81.4 Å². The third-order valence-corrected chi connectivity index (χ3v) is 5.38. The van der Waals surface area contributed by atoms with E-state index in [1.807, 2.05) is 24.3 Å². The highest BCUT2D eigenvalue weighted by molar-refractivity contribution is 7.89. The summed E-state index contributed by atoms with van der Waals surface area (Å²) in [5.74, 6) is -0.336. The van der Waals surface area contributed by atoms with Crippen LogP contribution < -0.4 is 15.2 Å². The molecular weight excluding hydrogens is 379 g/mol. The minimum absolute atomic E-state index is 0. The Bertz CT molecular complexity index is 827. The van der Waals surface area contributed by atoms with Crippen LogP contribution in [0.3, 0.4) is 0 Å². The fraction of sp³-hybridized carbons (Fsp3) is 0.333. The molecule has 0 bridgehead atoms. The summed E-state index contributed by atoms with van der Waals surface area (Å²) < 4.78 is 45.4. The Morgan fingerprint density at radius 3 is 2.23 bits per heavy atom. The van der Waals surface area contributed by atoms with E-state index in [2.05, 4.69) is 18.6 Å². The van der Waals surface area contributed by atoms with E-state index in [-0.39, 0.29) is 29.6 Å². The van der Waals surface area contributed by atoms with Crippen molar-refractivity contribution in [3.63, 3.8) is 0 Å². The first-order valence-corrected chi connectivity index (χ1v) is 9.41. The fourth-order valence-corrected chi connectivity index (χ4v) is 3.41. The minimum Gasteiger partial charge on any atom is -0.494 e. The average Bonchev–Trinajstić information content (AvgIpc) is 2.60. The third kappa shape index (κ3) is 5.41. The maximum Gasteiger partial charge on any atom is 0.240 e. The molecule has 26 heavy (non-hydrogen) atoms. The molecule has 0 spiro atoms. The maximum atomic E-state index is 13.4. The lowest BCUT2D eigenvalue weighted by atomic mass is 9.99. The first-order valence-electron chi connectivity index (χ1n) is 7.93. The van der Waals surface area contributed by atoms with Crippen molar-refractivity contribution in [2.24, 2.45) is 5.73 Å². The van der Waals surface area contributed by atoms with Crippen molar-refractivity contribution in [2.45, 2.75) is 30.7 Å². The van der Waals surface area contributed by atoms with Crippen molar-refractivity contribution in [1.82, 2.24) is 4.72 Å². The molecule has 0 heterocycles. The molecule has 1 unspecified atom stereocenters. The van der Waals surface area contributed by atoms with Gasteiger partial charge in [-0.2, -0.15) is 0 Å². The number of halogens is 2. The standard InChI is InChI=1S/C18H23FN2O3S.ClH/c1-12(2)13-4-6-14(7-5-13)17(20)11-21-25(22,23)15-8-9-16(19)18(10-15)24-3;/h4-10,12,17,21H,11,20H2,1-3H3;1H. The SMILES string of the molecule is COc1cc(S(=O)(=O)NCC(N)c2ccc(C(C)C)cc2)ccc1F.Cl. The van der Waals surface area contributed by atoms with Crippen molar-refractivity contribution in [2.75, 3.05) is 13.7 Å². The van der Waals surface area contributed by atoms with Gasteiger partial charge in [-0.25, -0.2) is 17.5 Å². The van der Waals surface area contributed by atoms with E-state index in [0.717, 1.165) is 17.7 Å². The van der Waals surface area contributed by atoms with E-state index >= 15 is 0 Å². The van der Waals surface area contributed by atoms with Crippen molar-refractivity contribution in [3.05, 3.63) is 59.4 Å². The first kappa shape index (κ1) is 22.4. The predicted octanol–water partition coefficient (Wildman–Crippen LogP) is 3.36. The quantitative estimate of drug-likeness (QED) is 0.744. The molecule has 0 saturated carbocycles. The van der Waals surface area contributed by atoms with Gasteiger partial charge in [0.05, 0.1) is 12.0 Å². The van der Waals surface area contributed by atoms with Gasteiger partial charge < -0.3 is 10.5 Å². The minimum atomic E-state index is -3.81. The summed E-state index contributed by atoms with van der Waals surface area (Å²) in [7, 11) is -2.53. The lowest BCUT2D eigenvalue weighted by Gasteiger charge is -2.15. The highest BCUT2D eigenvalue weighted by Crippen LogP contribution is 2.22. The van der Waals surface area contributed by atoms with E-state index in [9.17, 15) is 12.8 Å². The van der Waals surface area contributed by atoms with Crippen LogP contribution in [0, 0.1) is 5.82 Å². The van der Waals surface area contributed by atoms with Crippen molar-refractivity contribution >= 4 is 22.4 Å². The molecule has 0 aromatic heterocycles. The molecule has 0 amide bonds. The van der Waals surface area contributed by atoms with Crippen LogP contribution >= 0.6 is 12.4 Å². The van der Waals surface area contributed by atoms with Crippen LogP contribution in [0.25, 0.3) is 0 Å². The van der Waals surface area contributed by atoms with Gasteiger partial charge in [-0.05, 0) is 29.2 Å². The predicted molar refractivity (Wildman–Crippen MR) is 103 cm³/mol. The Morgan fingerprint density at radius 2 is 1.69 bits per heavy atom. The molecule has 0 aliphatic carbocycles. The number of sulfonamides is 1. The van der Waals surface area contributed by atoms with Gasteiger partial charge in [-0.15, -0.1) is 12.4 Å². The molecule has 2 rings (SSSR count). The van der Waals surface area contributed by atoms with Gasteiger partial charge in [0.1, 0.15) is 0 Å². The van der Waals surface area contributed by atoms with Crippen LogP contribution in [0.1, 0.15) is 36.9 Å². The van der Waals surface area contributed by atoms with Crippen LogP contribution in [-0.2, 0) is 10.0 Å². The smallest absolute Gasteiger partial charge is 0.240 e. The van der Waals surface area contributed by atoms with Crippen molar-refractivity contribution in [3.8, 4) is 5.75 Å². The number of benzene rings is 2. The lowest BCUT2D eigenvalue weighted by Crippen LogP contribution is -2.32. The number of hydrogen-bond donors (Lipinski definition) is 2. The van der Waals surface area contributed by atoms with Gasteiger partial charge in [-0.1, -0.05) is 38.1 Å². The van der Waals surface area contributed by atoms with Gasteiger partial charge in [-0.3, -0.25) is 0 Å². The molecule has 0 aliphatic heterocycles. The largest absolute Gasteiger partial charge is 0.494 e. The second kappa shape index (κ2) is 9.32. The molecule has 0 saturated heterocycles. The molecular formula is C18H24ClFN2O3S. The summed E-state index contributed by atoms with van der Waals surface area (Å²) in [5, 5.41) is 0. The van der Waals surface area contributed by atoms with Gasteiger partial charge >= 0.3 is 0 Å². The van der Waals surface area contributed by atoms with Gasteiger partial charge in [0.2, 0.25) is 10.0 Å².